The maximum Gasteiger partial charge on any atom is 0.407 e. The Morgan fingerprint density at radius 2 is 0.635 bits per heavy atom. The van der Waals surface area contributed by atoms with Gasteiger partial charge in [-0.3, -0.25) is 38.4 Å². The first-order valence-electron chi connectivity index (χ1n) is 31.2. The zero-order chi connectivity index (χ0) is 78.0. The summed E-state index contributed by atoms with van der Waals surface area (Å²) in [5, 5.41) is 40.3. The quantitative estimate of drug-likeness (QED) is 0.00751. The molecule has 1 aromatic carbocycles. The van der Waals surface area contributed by atoms with E-state index in [-0.39, 0.29) is 147 Å². The molecule has 6 amide bonds. The van der Waals surface area contributed by atoms with Gasteiger partial charge in [-0.25, -0.2) is 32.3 Å². The van der Waals surface area contributed by atoms with Crippen molar-refractivity contribution in [3.05, 3.63) is 29.1 Å². The fraction of sp³-hybridized carbons (Fsp3) is 0.739. The van der Waals surface area contributed by atoms with Crippen LogP contribution in [0, 0.1) is 34.5 Å². The number of aliphatic carboxylic acids is 3. The van der Waals surface area contributed by atoms with E-state index >= 15 is 0 Å². The fourth-order valence-electron chi connectivity index (χ4n) is 5.36. The lowest BCUT2D eigenvalue weighted by Crippen LogP contribution is -2.42. The smallest absolute Gasteiger partial charge is 0.407 e. The summed E-state index contributed by atoms with van der Waals surface area (Å²) in [4.78, 5) is 134. The standard InChI is InChI=1S/C14H26N2O5.C12H22N2O5.C11H22N2O4.C9H5F5O2.C9H18N2O4.C5H12.C3H6O2.6CH4/c1-6-11(17)16(10-12(18)20-7-2)9-8-15-13(19)21-14(3,4)5;1-5-9(15)14(8-10(16)17)7-6-13-11(18)19-12(2,3)4;1-5-16-9(14)8-12-6-7-13-10(15)17-11(2,3)4;1-2-3(15)16-9-7(13)5(11)4(10)6(12)8(9)14;1-9(2,3)15-8(14)11-5-4-10-6-7(12)13;1-5(2,3)4;1-2-3(4)5;;;;;;/h6-10H2,1-5H3,(H,15,19);5-8H2,1-4H3,(H,13,18)(H,16,17);12H,5-8H2,1-4H3,(H,13,15);2H2,1H3;10H,4-6H2,1-3H3,(H,11,14)(H,12,13);1-4H3;2H2,1H3,(H,4,5);6*1H4. The molecule has 0 atom stereocenters. The number of hydrogen-bond acceptors (Lipinski definition) is 21. The molecule has 618 valence electrons. The monoisotopic (exact) mass is 1520 g/mol. The Hall–Kier alpha value is -8.37. The van der Waals surface area contributed by atoms with Crippen molar-refractivity contribution in [3.8, 4) is 5.75 Å². The summed E-state index contributed by atoms with van der Waals surface area (Å²) in [6.07, 6.45) is -1.64. The van der Waals surface area contributed by atoms with Crippen LogP contribution >= 0.6 is 0 Å². The van der Waals surface area contributed by atoms with Gasteiger partial charge >= 0.3 is 60.2 Å². The van der Waals surface area contributed by atoms with E-state index in [2.05, 4.69) is 64.3 Å². The number of ether oxygens (including phenoxy) is 7. The molecule has 0 fully saturated rings. The first-order chi connectivity index (χ1) is 44.7. The highest BCUT2D eigenvalue weighted by molar-refractivity contribution is 5.82. The first-order valence-corrected chi connectivity index (χ1v) is 31.2. The van der Waals surface area contributed by atoms with Gasteiger partial charge in [0.15, 0.2) is 0 Å². The Morgan fingerprint density at radius 3 is 0.894 bits per heavy atom. The van der Waals surface area contributed by atoms with Gasteiger partial charge in [-0.2, -0.15) is 8.78 Å². The molecule has 0 saturated heterocycles. The Labute approximate surface area is 616 Å². The van der Waals surface area contributed by atoms with Crippen LogP contribution in [-0.4, -0.2) is 211 Å². The van der Waals surface area contributed by atoms with Crippen LogP contribution in [0.5, 0.6) is 5.75 Å². The molecular formula is C69H135F5N8O22. The molecular weight excluding hydrogens is 1390 g/mol. The van der Waals surface area contributed by atoms with Crippen LogP contribution in [0.25, 0.3) is 0 Å². The molecule has 30 nitrogen and oxygen atoms in total. The molecule has 0 aliphatic rings. The zero-order valence-electron chi connectivity index (χ0n) is 61.1. The van der Waals surface area contributed by atoms with Gasteiger partial charge in [-0.1, -0.05) is 99.9 Å². The van der Waals surface area contributed by atoms with E-state index in [9.17, 15) is 79.5 Å². The van der Waals surface area contributed by atoms with Crippen LogP contribution < -0.4 is 36.6 Å². The minimum atomic E-state index is -2.30. The molecule has 0 heterocycles. The molecule has 1 aromatic rings. The predicted octanol–water partition coefficient (Wildman–Crippen LogP) is 12.0. The molecule has 0 aliphatic carbocycles. The second-order valence-corrected chi connectivity index (χ2v) is 25.3. The Bertz CT molecular complexity index is 2560. The SMILES string of the molecule is C.C.C.C.C.C.CC(C)(C)C.CC(C)(C)OC(=O)NCCNCC(=O)O.CCC(=O)N(CCNC(=O)OC(C)(C)C)CC(=O)O.CCC(=O)O.CCC(=O)Oc1c(F)c(F)c(F)c(F)c1F.CCOC(=O)CN(CCNC(=O)OC(C)(C)C)C(=O)CC.CCOC(=O)CNCCNC(=O)OC(C)(C)C. The molecule has 0 aromatic heterocycles. The maximum absolute atomic E-state index is 12.9. The lowest BCUT2D eigenvalue weighted by atomic mass is 10.0. The molecule has 0 saturated carbocycles. The number of carboxylic acids is 3. The summed E-state index contributed by atoms with van der Waals surface area (Å²) < 4.78 is 97.2. The third-order valence-electron chi connectivity index (χ3n) is 9.13. The van der Waals surface area contributed by atoms with Crippen LogP contribution in [0.2, 0.25) is 0 Å². The summed E-state index contributed by atoms with van der Waals surface area (Å²) in [6.45, 7) is 42.2. The van der Waals surface area contributed by atoms with Crippen LogP contribution in [0.3, 0.4) is 0 Å². The highest BCUT2D eigenvalue weighted by atomic mass is 19.2. The third-order valence-corrected chi connectivity index (χ3v) is 9.13. The van der Waals surface area contributed by atoms with Crippen molar-refractivity contribution in [2.24, 2.45) is 5.41 Å². The van der Waals surface area contributed by atoms with E-state index in [0.717, 1.165) is 0 Å². The molecule has 9 N–H and O–H groups in total. The third kappa shape index (κ3) is 84.3. The zero-order valence-corrected chi connectivity index (χ0v) is 61.1. The van der Waals surface area contributed by atoms with E-state index < -0.39 is 111 Å². The van der Waals surface area contributed by atoms with Gasteiger partial charge in [0, 0.05) is 78.0 Å². The van der Waals surface area contributed by atoms with Gasteiger partial charge in [-0.05, 0) is 102 Å². The minimum Gasteiger partial charge on any atom is -0.481 e. The van der Waals surface area contributed by atoms with Crippen molar-refractivity contribution >= 4 is 72.0 Å². The molecule has 0 unspecified atom stereocenters. The molecule has 0 bridgehead atoms. The summed E-state index contributed by atoms with van der Waals surface area (Å²) in [5.41, 5.74) is -1.68. The van der Waals surface area contributed by atoms with E-state index in [1.807, 2.05) is 0 Å². The van der Waals surface area contributed by atoms with Crippen LogP contribution in [0.1, 0.15) is 223 Å². The van der Waals surface area contributed by atoms with E-state index in [1.54, 1.807) is 118 Å². The van der Waals surface area contributed by atoms with Gasteiger partial charge in [0.2, 0.25) is 46.6 Å². The Morgan fingerprint density at radius 1 is 0.356 bits per heavy atom. The van der Waals surface area contributed by atoms with Crippen molar-refractivity contribution in [2.45, 2.75) is 245 Å². The number of carboxylic acid groups (broad SMARTS) is 3. The fourth-order valence-corrected chi connectivity index (χ4v) is 5.36. The van der Waals surface area contributed by atoms with E-state index in [0.29, 0.717) is 38.2 Å². The number of hydrogen-bond donors (Lipinski definition) is 9. The Balaban J connectivity index is -0.0000000972. The molecule has 0 aliphatic heterocycles. The number of benzene rings is 1. The summed E-state index contributed by atoms with van der Waals surface area (Å²) in [5.74, 6) is -17.6. The molecule has 0 radical (unpaired) electrons. The summed E-state index contributed by atoms with van der Waals surface area (Å²) in [6, 6.07) is 0. The van der Waals surface area contributed by atoms with Gasteiger partial charge in [0.05, 0.1) is 26.3 Å². The number of amides is 6. The van der Waals surface area contributed by atoms with Gasteiger partial charge in [-0.15, -0.1) is 0 Å². The van der Waals surface area contributed by atoms with Crippen molar-refractivity contribution in [1.82, 2.24) is 41.7 Å². The van der Waals surface area contributed by atoms with Gasteiger partial charge < -0.3 is 90.2 Å². The van der Waals surface area contributed by atoms with E-state index in [1.165, 1.54) is 16.7 Å². The second kappa shape index (κ2) is 65.4. The lowest BCUT2D eigenvalue weighted by molar-refractivity contribution is -0.148. The minimum absolute atomic E-state index is 0. The van der Waals surface area contributed by atoms with E-state index in [4.69, 9.17) is 43.7 Å². The maximum atomic E-state index is 12.9. The van der Waals surface area contributed by atoms with Gasteiger partial charge in [0.1, 0.15) is 35.5 Å². The number of esters is 3. The average molecular weight is 1520 g/mol. The predicted molar refractivity (Wildman–Crippen MR) is 391 cm³/mol. The van der Waals surface area contributed by atoms with Crippen LogP contribution in [0.15, 0.2) is 0 Å². The lowest BCUT2D eigenvalue weighted by Gasteiger charge is -2.23. The van der Waals surface area contributed by atoms with Crippen molar-refractivity contribution in [3.63, 3.8) is 0 Å². The van der Waals surface area contributed by atoms with Crippen molar-refractivity contribution in [1.29, 1.82) is 0 Å². The molecule has 1 rings (SSSR count). The normalized spacial score (nSPS) is 9.99. The number of nitrogens with zero attached hydrogens (tertiary/aromatic N) is 2. The molecule has 35 heteroatoms. The summed E-state index contributed by atoms with van der Waals surface area (Å²) in [7, 11) is 0. The highest BCUT2D eigenvalue weighted by Gasteiger charge is 2.29. The highest BCUT2D eigenvalue weighted by Crippen LogP contribution is 2.29. The number of alkyl carbamates (subject to hydrolysis) is 4. The number of nitrogens with one attached hydrogen (secondary N) is 6. The number of rotatable bonds is 27. The number of carbonyl (C=O) groups excluding carboxylic acids is 9. The number of halogens is 5. The van der Waals surface area contributed by atoms with Crippen LogP contribution in [-0.2, 0) is 66.8 Å². The van der Waals surface area contributed by atoms with Gasteiger partial charge in [0.25, 0.3) is 0 Å². The molecule has 0 spiro atoms. The molecule has 104 heavy (non-hydrogen) atoms. The first kappa shape index (κ1) is 122. The van der Waals surface area contributed by atoms with Crippen LogP contribution in [0.4, 0.5) is 41.1 Å². The summed E-state index contributed by atoms with van der Waals surface area (Å²) >= 11 is 0. The second-order valence-electron chi connectivity index (χ2n) is 25.3. The van der Waals surface area contributed by atoms with Crippen molar-refractivity contribution < 1.29 is 128 Å². The largest absolute Gasteiger partial charge is 0.481 e. The topological polar surface area (TPSA) is 409 Å². The average Bonchev–Trinajstić information content (AvgIpc) is 0.799. The van der Waals surface area contributed by atoms with Crippen molar-refractivity contribution in [2.75, 3.05) is 91.8 Å². The Kier molecular flexibility index (Phi) is 77.0. The number of carbonyl (C=O) groups is 12.